The molecule has 0 fully saturated rings. The van der Waals surface area contributed by atoms with Crippen LogP contribution in [-0.2, 0) is 9.53 Å². The van der Waals surface area contributed by atoms with Crippen molar-refractivity contribution < 1.29 is 32.2 Å². The van der Waals surface area contributed by atoms with Crippen LogP contribution in [0.1, 0.15) is 17.3 Å². The van der Waals surface area contributed by atoms with Gasteiger partial charge in [-0.2, -0.15) is 8.78 Å². The minimum absolute atomic E-state index is 0.0523. The van der Waals surface area contributed by atoms with Crippen molar-refractivity contribution in [2.24, 2.45) is 0 Å². The zero-order valence-electron chi connectivity index (χ0n) is 13.0. The molecule has 2 aromatic rings. The highest BCUT2D eigenvalue weighted by Gasteiger charge is 2.20. The van der Waals surface area contributed by atoms with Gasteiger partial charge in [0.1, 0.15) is 11.6 Å². The Kier molecular flexibility index (Phi) is 5.99. The van der Waals surface area contributed by atoms with Crippen molar-refractivity contribution in [1.29, 1.82) is 0 Å². The highest BCUT2D eigenvalue weighted by atomic mass is 19.3. The van der Waals surface area contributed by atoms with Crippen LogP contribution in [0.2, 0.25) is 0 Å². The van der Waals surface area contributed by atoms with Crippen LogP contribution in [0.3, 0.4) is 0 Å². The Morgan fingerprint density at radius 2 is 1.80 bits per heavy atom. The van der Waals surface area contributed by atoms with Crippen molar-refractivity contribution in [1.82, 2.24) is 0 Å². The summed E-state index contributed by atoms with van der Waals surface area (Å²) in [7, 11) is 0. The first-order valence-corrected chi connectivity index (χ1v) is 7.17. The second-order valence-corrected chi connectivity index (χ2v) is 4.95. The summed E-state index contributed by atoms with van der Waals surface area (Å²) in [5.74, 6) is -2.29. The summed E-state index contributed by atoms with van der Waals surface area (Å²) in [6, 6.07) is 10.2. The maximum absolute atomic E-state index is 13.1. The number of rotatable bonds is 6. The van der Waals surface area contributed by atoms with Crippen molar-refractivity contribution in [3.63, 3.8) is 0 Å². The molecule has 8 heteroatoms. The highest BCUT2D eigenvalue weighted by molar-refractivity contribution is 5.97. The maximum atomic E-state index is 13.1. The normalized spacial score (nSPS) is 11.7. The van der Waals surface area contributed by atoms with Crippen molar-refractivity contribution in [2.75, 3.05) is 5.32 Å². The minimum atomic E-state index is -3.03. The number of nitrogens with one attached hydrogen (secondary N) is 1. The van der Waals surface area contributed by atoms with Gasteiger partial charge in [0.25, 0.3) is 5.91 Å². The molecule has 0 bridgehead atoms. The zero-order valence-corrected chi connectivity index (χ0v) is 13.0. The first-order chi connectivity index (χ1) is 11.8. The van der Waals surface area contributed by atoms with E-state index in [2.05, 4.69) is 10.1 Å². The summed E-state index contributed by atoms with van der Waals surface area (Å²) in [4.78, 5) is 24.0. The first kappa shape index (κ1) is 18.3. The lowest BCUT2D eigenvalue weighted by molar-refractivity contribution is -0.123. The first-order valence-electron chi connectivity index (χ1n) is 7.17. The summed E-state index contributed by atoms with van der Waals surface area (Å²) in [6.07, 6.45) is -1.18. The van der Waals surface area contributed by atoms with E-state index in [1.807, 2.05) is 0 Å². The fourth-order valence-corrected chi connectivity index (χ4v) is 1.89. The van der Waals surface area contributed by atoms with Gasteiger partial charge in [0.05, 0.1) is 5.56 Å². The Bertz CT molecular complexity index is 767. The number of ether oxygens (including phenoxy) is 2. The lowest BCUT2D eigenvalue weighted by atomic mass is 10.2. The molecule has 0 aliphatic rings. The Hall–Kier alpha value is -3.03. The molecule has 2 aromatic carbocycles. The number of carbonyl (C=O) groups excluding carboxylic acids is 2. The molecule has 0 heterocycles. The van der Waals surface area contributed by atoms with Crippen LogP contribution in [0, 0.1) is 5.82 Å². The SMILES string of the molecule is CC(OC(=O)c1cccc(OC(F)F)c1)C(=O)Nc1cccc(F)c1. The van der Waals surface area contributed by atoms with Crippen molar-refractivity contribution in [2.45, 2.75) is 19.6 Å². The molecular weight excluding hydrogens is 339 g/mol. The topological polar surface area (TPSA) is 64.6 Å². The third-order valence-corrected chi connectivity index (χ3v) is 3.04. The molecule has 1 unspecified atom stereocenters. The number of amides is 1. The molecular formula is C17H14F3NO4. The van der Waals surface area contributed by atoms with Crippen LogP contribution in [0.5, 0.6) is 5.75 Å². The van der Waals surface area contributed by atoms with Crippen LogP contribution in [-0.4, -0.2) is 24.6 Å². The monoisotopic (exact) mass is 353 g/mol. The van der Waals surface area contributed by atoms with Crippen LogP contribution < -0.4 is 10.1 Å². The molecule has 5 nitrogen and oxygen atoms in total. The smallest absolute Gasteiger partial charge is 0.387 e. The van der Waals surface area contributed by atoms with Gasteiger partial charge in [0, 0.05) is 5.69 Å². The molecule has 2 rings (SSSR count). The van der Waals surface area contributed by atoms with E-state index in [9.17, 15) is 22.8 Å². The zero-order chi connectivity index (χ0) is 18.4. The predicted molar refractivity (Wildman–Crippen MR) is 83.0 cm³/mol. The molecule has 0 saturated carbocycles. The third kappa shape index (κ3) is 5.52. The van der Waals surface area contributed by atoms with Gasteiger partial charge >= 0.3 is 12.6 Å². The molecule has 0 aliphatic carbocycles. The summed E-state index contributed by atoms with van der Waals surface area (Å²) in [5.41, 5.74) is 0.156. The van der Waals surface area contributed by atoms with Gasteiger partial charge in [0.2, 0.25) is 0 Å². The van der Waals surface area contributed by atoms with Crippen LogP contribution >= 0.6 is 0 Å². The summed E-state index contributed by atoms with van der Waals surface area (Å²) in [6.45, 7) is -1.70. The molecule has 1 atom stereocenters. The lowest BCUT2D eigenvalue weighted by Gasteiger charge is -2.14. The number of carbonyl (C=O) groups is 2. The van der Waals surface area contributed by atoms with E-state index < -0.39 is 30.4 Å². The van der Waals surface area contributed by atoms with Gasteiger partial charge in [0.15, 0.2) is 6.10 Å². The van der Waals surface area contributed by atoms with E-state index in [0.717, 1.165) is 12.1 Å². The predicted octanol–water partition coefficient (Wildman–Crippen LogP) is 3.61. The molecule has 0 aromatic heterocycles. The molecule has 0 aliphatic heterocycles. The second kappa shape index (κ2) is 8.18. The maximum Gasteiger partial charge on any atom is 0.387 e. The Morgan fingerprint density at radius 3 is 2.48 bits per heavy atom. The third-order valence-electron chi connectivity index (χ3n) is 3.04. The van der Waals surface area contributed by atoms with Gasteiger partial charge in [-0.15, -0.1) is 0 Å². The Morgan fingerprint density at radius 1 is 1.08 bits per heavy atom. The second-order valence-electron chi connectivity index (χ2n) is 4.95. The number of hydrogen-bond donors (Lipinski definition) is 1. The molecule has 1 N–H and O–H groups in total. The molecule has 0 radical (unpaired) electrons. The molecule has 0 spiro atoms. The van der Waals surface area contributed by atoms with Gasteiger partial charge in [-0.1, -0.05) is 12.1 Å². The van der Waals surface area contributed by atoms with Crippen LogP contribution in [0.25, 0.3) is 0 Å². The van der Waals surface area contributed by atoms with E-state index in [4.69, 9.17) is 4.74 Å². The van der Waals surface area contributed by atoms with E-state index in [1.54, 1.807) is 0 Å². The van der Waals surface area contributed by atoms with Crippen LogP contribution in [0.15, 0.2) is 48.5 Å². The molecule has 0 saturated heterocycles. The van der Waals surface area contributed by atoms with Crippen molar-refractivity contribution in [3.8, 4) is 5.75 Å². The van der Waals surface area contributed by atoms with Gasteiger partial charge in [-0.05, 0) is 43.3 Å². The molecule has 25 heavy (non-hydrogen) atoms. The van der Waals surface area contributed by atoms with E-state index >= 15 is 0 Å². The average Bonchev–Trinajstić information content (AvgIpc) is 2.54. The largest absolute Gasteiger partial charge is 0.449 e. The number of alkyl halides is 2. The minimum Gasteiger partial charge on any atom is -0.449 e. The van der Waals surface area contributed by atoms with Gasteiger partial charge in [-0.3, -0.25) is 4.79 Å². The Balaban J connectivity index is 1.98. The van der Waals surface area contributed by atoms with E-state index in [0.29, 0.717) is 0 Å². The number of hydrogen-bond acceptors (Lipinski definition) is 4. The lowest BCUT2D eigenvalue weighted by Crippen LogP contribution is -2.30. The van der Waals surface area contributed by atoms with E-state index in [-0.39, 0.29) is 17.0 Å². The van der Waals surface area contributed by atoms with Gasteiger partial charge < -0.3 is 14.8 Å². The standard InChI is InChI=1S/C17H14F3NO4/c1-10(15(22)21-13-6-3-5-12(18)9-13)24-16(23)11-4-2-7-14(8-11)25-17(19)20/h2-10,17H,1H3,(H,21,22). The average molecular weight is 353 g/mol. The quantitative estimate of drug-likeness (QED) is 0.806. The fourth-order valence-electron chi connectivity index (χ4n) is 1.89. The summed E-state index contributed by atoms with van der Waals surface area (Å²) in [5, 5.41) is 2.40. The summed E-state index contributed by atoms with van der Waals surface area (Å²) < 4.78 is 46.6. The van der Waals surface area contributed by atoms with Crippen molar-refractivity contribution >= 4 is 17.6 Å². The van der Waals surface area contributed by atoms with Crippen LogP contribution in [0.4, 0.5) is 18.9 Å². The highest BCUT2D eigenvalue weighted by Crippen LogP contribution is 2.17. The number of esters is 1. The van der Waals surface area contributed by atoms with Gasteiger partial charge in [-0.25, -0.2) is 9.18 Å². The van der Waals surface area contributed by atoms with Crippen molar-refractivity contribution in [3.05, 3.63) is 59.9 Å². The number of anilines is 1. The number of halogens is 3. The Labute approximate surface area is 141 Å². The molecule has 132 valence electrons. The fraction of sp³-hybridized carbons (Fsp3) is 0.176. The van der Waals surface area contributed by atoms with E-state index in [1.165, 1.54) is 43.3 Å². The summed E-state index contributed by atoms with van der Waals surface area (Å²) >= 11 is 0. The number of benzene rings is 2. The molecule has 1 amide bonds.